The number of aliphatic carboxylic acids is 2. The molecule has 0 aliphatic rings. The van der Waals surface area contributed by atoms with E-state index in [0.717, 1.165) is 0 Å². The molecule has 0 spiro atoms. The number of carboxylic acid groups (broad SMARTS) is 2. The molecule has 0 heterocycles. The van der Waals surface area contributed by atoms with Gasteiger partial charge in [-0.15, -0.1) is 0 Å². The van der Waals surface area contributed by atoms with Crippen LogP contribution in [0.2, 0.25) is 0 Å². The topological polar surface area (TPSA) is 195 Å². The van der Waals surface area contributed by atoms with Gasteiger partial charge < -0.3 is 10.2 Å². The van der Waals surface area contributed by atoms with Crippen LogP contribution >= 0.6 is 0 Å². The van der Waals surface area contributed by atoms with Gasteiger partial charge in [0.1, 0.15) is 0 Å². The highest BCUT2D eigenvalue weighted by atomic mass is 32.2. The molecule has 2 unspecified atom stereocenters. The molecule has 0 aromatic heterocycles. The van der Waals surface area contributed by atoms with Gasteiger partial charge in [0.05, 0.1) is 23.3 Å². The zero-order valence-corrected chi connectivity index (χ0v) is 11.9. The van der Waals surface area contributed by atoms with Gasteiger partial charge in [0.15, 0.2) is 0 Å². The lowest BCUT2D eigenvalue weighted by molar-refractivity contribution is -0.138. The quantitative estimate of drug-likeness (QED) is 0.373. The number of hydrogen-bond donors (Lipinski definition) is 4. The highest BCUT2D eigenvalue weighted by molar-refractivity contribution is 7.90. The van der Waals surface area contributed by atoms with Crippen LogP contribution in [0.4, 0.5) is 0 Å². The second kappa shape index (κ2) is 6.97. The Labute approximate surface area is 115 Å². The minimum Gasteiger partial charge on any atom is -0.481 e. The van der Waals surface area contributed by atoms with Gasteiger partial charge >= 0.3 is 11.9 Å². The lowest BCUT2D eigenvalue weighted by Crippen LogP contribution is -2.35. The van der Waals surface area contributed by atoms with Crippen molar-refractivity contribution in [2.24, 2.45) is 10.3 Å². The largest absolute Gasteiger partial charge is 0.481 e. The Bertz CT molecular complexity index is 515. The maximum absolute atomic E-state index is 11.2. The van der Waals surface area contributed by atoms with E-state index in [0.29, 0.717) is 0 Å². The van der Waals surface area contributed by atoms with E-state index in [2.05, 4.69) is 0 Å². The summed E-state index contributed by atoms with van der Waals surface area (Å²) in [6, 6.07) is 0. The van der Waals surface area contributed by atoms with Crippen LogP contribution in [0.1, 0.15) is 25.7 Å². The predicted molar refractivity (Wildman–Crippen MR) is 67.5 cm³/mol. The average molecular weight is 332 g/mol. The molecule has 0 saturated carbocycles. The lowest BCUT2D eigenvalue weighted by Gasteiger charge is -2.16. The van der Waals surface area contributed by atoms with Crippen LogP contribution < -0.4 is 10.3 Å². The van der Waals surface area contributed by atoms with Crippen molar-refractivity contribution < 1.29 is 36.6 Å². The van der Waals surface area contributed by atoms with E-state index in [-0.39, 0.29) is 0 Å². The normalized spacial score (nSPS) is 15.5. The third-order valence-corrected chi connectivity index (χ3v) is 5.21. The lowest BCUT2D eigenvalue weighted by atomic mass is 10.1. The van der Waals surface area contributed by atoms with Crippen LogP contribution in [0.5, 0.6) is 0 Å². The second-order valence-corrected chi connectivity index (χ2v) is 7.88. The maximum Gasteiger partial charge on any atom is 0.304 e. The summed E-state index contributed by atoms with van der Waals surface area (Å²) in [5.41, 5.74) is 0. The molecule has 0 aliphatic heterocycles. The molecule has 0 saturated heterocycles. The highest BCUT2D eigenvalue weighted by Gasteiger charge is 2.30. The fourth-order valence-electron chi connectivity index (χ4n) is 1.53. The standard InChI is InChI=1S/C8H16N2O8S2/c9-19(15,16)5(3-7(11)12)1-2-6(4-8(13)14)20(10,17)18/h5-6H,1-4H2,(H,11,12)(H,13,14)(H2,9,15,16)(H2,10,17,18). The Morgan fingerprint density at radius 1 is 0.800 bits per heavy atom. The molecule has 12 heteroatoms. The fraction of sp³-hybridized carbons (Fsp3) is 0.750. The van der Waals surface area contributed by atoms with Crippen LogP contribution in [-0.4, -0.2) is 49.5 Å². The van der Waals surface area contributed by atoms with Crippen molar-refractivity contribution in [2.45, 2.75) is 36.2 Å². The van der Waals surface area contributed by atoms with Crippen LogP contribution in [-0.2, 0) is 29.6 Å². The van der Waals surface area contributed by atoms with Crippen molar-refractivity contribution in [3.8, 4) is 0 Å². The van der Waals surface area contributed by atoms with Gasteiger partial charge in [0.2, 0.25) is 20.0 Å². The molecule has 0 amide bonds. The Hall–Kier alpha value is -1.24. The summed E-state index contributed by atoms with van der Waals surface area (Å²) in [7, 11) is -8.39. The van der Waals surface area contributed by atoms with Crippen molar-refractivity contribution in [1.82, 2.24) is 0 Å². The van der Waals surface area contributed by atoms with Crippen molar-refractivity contribution in [2.75, 3.05) is 0 Å². The van der Waals surface area contributed by atoms with E-state index in [1.807, 2.05) is 0 Å². The molecule has 0 radical (unpaired) electrons. The first-order valence-corrected chi connectivity index (χ1v) is 8.52. The van der Waals surface area contributed by atoms with Crippen LogP contribution in [0, 0.1) is 0 Å². The average Bonchev–Trinajstić information content (AvgIpc) is 2.17. The molecule has 118 valence electrons. The zero-order chi connectivity index (χ0) is 16.1. The van der Waals surface area contributed by atoms with Gasteiger partial charge in [-0.05, 0) is 12.8 Å². The Morgan fingerprint density at radius 3 is 1.20 bits per heavy atom. The fourth-order valence-corrected chi connectivity index (χ4v) is 3.21. The summed E-state index contributed by atoms with van der Waals surface area (Å²) < 4.78 is 44.7. The monoisotopic (exact) mass is 332 g/mol. The van der Waals surface area contributed by atoms with Crippen LogP contribution in [0.15, 0.2) is 0 Å². The first-order chi connectivity index (χ1) is 8.84. The summed E-state index contributed by atoms with van der Waals surface area (Å²) in [6.45, 7) is 0. The maximum atomic E-state index is 11.2. The van der Waals surface area contributed by atoms with Crippen LogP contribution in [0.3, 0.4) is 0 Å². The minimum atomic E-state index is -4.19. The number of sulfonamides is 2. The summed E-state index contributed by atoms with van der Waals surface area (Å²) in [5, 5.41) is 23.8. The first-order valence-electron chi connectivity index (χ1n) is 5.31. The van der Waals surface area contributed by atoms with E-state index in [1.165, 1.54) is 0 Å². The second-order valence-electron chi connectivity index (χ2n) is 4.20. The number of nitrogens with two attached hydrogens (primary N) is 2. The molecule has 0 fully saturated rings. The Balaban J connectivity index is 4.97. The van der Waals surface area contributed by atoms with Gasteiger partial charge in [0, 0.05) is 0 Å². The van der Waals surface area contributed by atoms with Crippen molar-refractivity contribution in [3.63, 3.8) is 0 Å². The third kappa shape index (κ3) is 7.37. The van der Waals surface area contributed by atoms with E-state index in [4.69, 9.17) is 20.5 Å². The molecule has 10 nitrogen and oxygen atoms in total. The molecule has 0 aromatic carbocycles. The first kappa shape index (κ1) is 18.8. The molecule has 0 aromatic rings. The van der Waals surface area contributed by atoms with Gasteiger partial charge in [0.25, 0.3) is 0 Å². The van der Waals surface area contributed by atoms with E-state index in [1.54, 1.807) is 0 Å². The molecule has 2 atom stereocenters. The van der Waals surface area contributed by atoms with Crippen molar-refractivity contribution in [1.29, 1.82) is 0 Å². The zero-order valence-electron chi connectivity index (χ0n) is 10.3. The Kier molecular flexibility index (Phi) is 6.53. The number of hydrogen-bond acceptors (Lipinski definition) is 6. The Morgan fingerprint density at radius 2 is 1.05 bits per heavy atom. The molecular formula is C8H16N2O8S2. The predicted octanol–water partition coefficient (Wildman–Crippen LogP) is -1.97. The SMILES string of the molecule is NS(=O)(=O)C(CCC(CC(=O)O)S(N)(=O)=O)CC(=O)O. The molecular weight excluding hydrogens is 316 g/mol. The molecule has 0 aliphatic carbocycles. The van der Waals surface area contributed by atoms with E-state index in [9.17, 15) is 26.4 Å². The molecule has 6 N–H and O–H groups in total. The summed E-state index contributed by atoms with van der Waals surface area (Å²) in [4.78, 5) is 21.0. The van der Waals surface area contributed by atoms with Gasteiger partial charge in [-0.3, -0.25) is 9.59 Å². The van der Waals surface area contributed by atoms with Gasteiger partial charge in [-0.25, -0.2) is 27.1 Å². The van der Waals surface area contributed by atoms with Crippen molar-refractivity contribution >= 4 is 32.0 Å². The van der Waals surface area contributed by atoms with E-state index < -0.39 is 68.2 Å². The smallest absolute Gasteiger partial charge is 0.304 e. The highest BCUT2D eigenvalue weighted by Crippen LogP contribution is 2.17. The molecule has 20 heavy (non-hydrogen) atoms. The number of carbonyl (C=O) groups is 2. The summed E-state index contributed by atoms with van der Waals surface area (Å²) in [6.07, 6.45) is -2.44. The summed E-state index contributed by atoms with van der Waals surface area (Å²) in [5.74, 6) is -2.84. The number of rotatable bonds is 9. The minimum absolute atomic E-state index is 0.417. The van der Waals surface area contributed by atoms with E-state index >= 15 is 0 Å². The van der Waals surface area contributed by atoms with Gasteiger partial charge in [-0.1, -0.05) is 0 Å². The molecule has 0 bridgehead atoms. The number of carboxylic acids is 2. The van der Waals surface area contributed by atoms with Crippen molar-refractivity contribution in [3.05, 3.63) is 0 Å². The number of primary sulfonamides is 2. The van der Waals surface area contributed by atoms with Crippen LogP contribution in [0.25, 0.3) is 0 Å². The summed E-state index contributed by atoms with van der Waals surface area (Å²) >= 11 is 0. The van der Waals surface area contributed by atoms with Gasteiger partial charge in [-0.2, -0.15) is 0 Å². The molecule has 0 rings (SSSR count). The third-order valence-electron chi connectivity index (χ3n) is 2.54.